The Hall–Kier alpha value is -2.03. The molecule has 1 N–H and O–H groups in total. The van der Waals surface area contributed by atoms with Gasteiger partial charge in [-0.1, -0.05) is 42.5 Å². The van der Waals surface area contributed by atoms with Crippen LogP contribution in [0.1, 0.15) is 18.9 Å². The van der Waals surface area contributed by atoms with E-state index in [1.165, 1.54) is 0 Å². The number of hydrogen-bond acceptors (Lipinski definition) is 1. The molecule has 0 aliphatic heterocycles. The van der Waals surface area contributed by atoms with Gasteiger partial charge in [-0.2, -0.15) is 0 Å². The second-order valence-electron chi connectivity index (χ2n) is 3.17. The van der Waals surface area contributed by atoms with Crippen molar-refractivity contribution in [1.29, 1.82) is 5.41 Å². The van der Waals surface area contributed by atoms with Crippen LogP contribution in [0.4, 0.5) is 0 Å². The van der Waals surface area contributed by atoms with Crippen LogP contribution in [0, 0.1) is 5.41 Å². The van der Waals surface area contributed by atoms with Crippen molar-refractivity contribution in [2.45, 2.75) is 13.3 Å². The predicted molar refractivity (Wildman–Crippen MR) is 69.7 cm³/mol. The zero-order chi connectivity index (χ0) is 11.8. The Bertz CT molecular complexity index is 416. The van der Waals surface area contributed by atoms with Gasteiger partial charge in [0.25, 0.3) is 0 Å². The molecule has 1 aromatic rings. The molecule has 82 valence electrons. The number of hydrogen-bond donors (Lipinski definition) is 1. The molecule has 1 rings (SSSR count). The minimum atomic E-state index is 0.215. The van der Waals surface area contributed by atoms with E-state index in [1.54, 1.807) is 0 Å². The SMILES string of the molecule is C=NC(C/C=C\C)=NC(=N)c1ccccc1. The maximum Gasteiger partial charge on any atom is 0.153 e. The fourth-order valence-electron chi connectivity index (χ4n) is 1.16. The Morgan fingerprint density at radius 2 is 2.06 bits per heavy atom. The molecule has 0 spiro atoms. The first-order valence-electron chi connectivity index (χ1n) is 5.07. The summed E-state index contributed by atoms with van der Waals surface area (Å²) in [7, 11) is 0. The maximum absolute atomic E-state index is 7.80. The van der Waals surface area contributed by atoms with Crippen molar-refractivity contribution < 1.29 is 0 Å². The standard InChI is InChI=1S/C13H15N3/c1-3-4-10-12(15-2)16-13(14)11-8-6-5-7-9-11/h3-9,14H,2,10H2,1H3/b4-3-,14-13?,16-12?. The van der Waals surface area contributed by atoms with Crippen molar-refractivity contribution >= 4 is 18.4 Å². The summed E-state index contributed by atoms with van der Waals surface area (Å²) >= 11 is 0. The predicted octanol–water partition coefficient (Wildman–Crippen LogP) is 3.08. The third-order valence-electron chi connectivity index (χ3n) is 2.01. The summed E-state index contributed by atoms with van der Waals surface area (Å²) in [6.07, 6.45) is 4.47. The Labute approximate surface area is 95.8 Å². The van der Waals surface area contributed by atoms with Crippen molar-refractivity contribution in [3.05, 3.63) is 48.0 Å². The van der Waals surface area contributed by atoms with Crippen LogP contribution in [0.25, 0.3) is 0 Å². The van der Waals surface area contributed by atoms with E-state index in [1.807, 2.05) is 49.4 Å². The molecule has 0 aliphatic rings. The fraction of sp³-hybridized carbons (Fsp3) is 0.154. The quantitative estimate of drug-likeness (QED) is 0.456. The first-order chi connectivity index (χ1) is 7.77. The second-order valence-corrected chi connectivity index (χ2v) is 3.17. The first-order valence-corrected chi connectivity index (χ1v) is 5.07. The molecular weight excluding hydrogens is 198 g/mol. The Balaban J connectivity index is 2.81. The highest BCUT2D eigenvalue weighted by atomic mass is 14.9. The molecule has 0 aliphatic carbocycles. The van der Waals surface area contributed by atoms with Gasteiger partial charge in [-0.3, -0.25) is 5.41 Å². The summed E-state index contributed by atoms with van der Waals surface area (Å²) in [6, 6.07) is 9.37. The number of nitrogens with one attached hydrogen (secondary N) is 1. The molecule has 3 nitrogen and oxygen atoms in total. The molecule has 0 atom stereocenters. The second kappa shape index (κ2) is 6.45. The van der Waals surface area contributed by atoms with Crippen molar-refractivity contribution in [1.82, 2.24) is 0 Å². The minimum Gasteiger partial charge on any atom is -0.282 e. The van der Waals surface area contributed by atoms with Gasteiger partial charge in [-0.25, -0.2) is 9.98 Å². The van der Waals surface area contributed by atoms with Gasteiger partial charge in [0.15, 0.2) is 5.84 Å². The molecule has 0 unspecified atom stereocenters. The molecule has 0 heterocycles. The molecule has 0 amide bonds. The summed E-state index contributed by atoms with van der Waals surface area (Å²) in [5, 5.41) is 7.80. The van der Waals surface area contributed by atoms with Gasteiger partial charge in [0.2, 0.25) is 0 Å². The van der Waals surface area contributed by atoms with Gasteiger partial charge in [0, 0.05) is 12.0 Å². The summed E-state index contributed by atoms with van der Waals surface area (Å²) in [6.45, 7) is 5.38. The highest BCUT2D eigenvalue weighted by Gasteiger charge is 1.99. The van der Waals surface area contributed by atoms with Gasteiger partial charge in [0.1, 0.15) is 5.84 Å². The molecule has 0 saturated heterocycles. The zero-order valence-electron chi connectivity index (χ0n) is 9.35. The van der Waals surface area contributed by atoms with Gasteiger partial charge in [0.05, 0.1) is 0 Å². The molecule has 0 radical (unpaired) electrons. The van der Waals surface area contributed by atoms with Crippen LogP contribution in [0.3, 0.4) is 0 Å². The van der Waals surface area contributed by atoms with E-state index >= 15 is 0 Å². The number of aliphatic imine (C=N–C) groups is 2. The zero-order valence-corrected chi connectivity index (χ0v) is 9.35. The van der Waals surface area contributed by atoms with Crippen LogP contribution in [0.2, 0.25) is 0 Å². The van der Waals surface area contributed by atoms with E-state index in [2.05, 4.69) is 16.7 Å². The highest BCUT2D eigenvalue weighted by molar-refractivity contribution is 6.05. The average molecular weight is 213 g/mol. The van der Waals surface area contributed by atoms with E-state index in [9.17, 15) is 0 Å². The summed E-state index contributed by atoms with van der Waals surface area (Å²) in [4.78, 5) is 7.92. The van der Waals surface area contributed by atoms with Gasteiger partial charge in [-0.05, 0) is 13.6 Å². The first kappa shape index (κ1) is 12.0. The van der Waals surface area contributed by atoms with Crippen LogP contribution in [0.5, 0.6) is 0 Å². The van der Waals surface area contributed by atoms with E-state index in [4.69, 9.17) is 5.41 Å². The van der Waals surface area contributed by atoms with Crippen LogP contribution >= 0.6 is 0 Å². The van der Waals surface area contributed by atoms with Crippen molar-refractivity contribution in [2.24, 2.45) is 9.98 Å². The molecule has 3 heteroatoms. The third kappa shape index (κ3) is 3.61. The topological polar surface area (TPSA) is 48.6 Å². The Morgan fingerprint density at radius 1 is 1.38 bits per heavy atom. The minimum absolute atomic E-state index is 0.215. The summed E-state index contributed by atoms with van der Waals surface area (Å²) in [5.41, 5.74) is 0.782. The van der Waals surface area contributed by atoms with Crippen LogP contribution < -0.4 is 0 Å². The Morgan fingerprint density at radius 3 is 2.62 bits per heavy atom. The van der Waals surface area contributed by atoms with Crippen LogP contribution in [-0.2, 0) is 0 Å². The van der Waals surface area contributed by atoms with Crippen molar-refractivity contribution in [2.75, 3.05) is 0 Å². The monoisotopic (exact) mass is 213 g/mol. The lowest BCUT2D eigenvalue weighted by Crippen LogP contribution is -2.00. The lowest BCUT2D eigenvalue weighted by molar-refractivity contribution is 1.34. The maximum atomic E-state index is 7.80. The number of amidine groups is 2. The van der Waals surface area contributed by atoms with Crippen molar-refractivity contribution in [3.8, 4) is 0 Å². The summed E-state index contributed by atoms with van der Waals surface area (Å²) in [5.74, 6) is 0.777. The van der Waals surface area contributed by atoms with E-state index in [0.29, 0.717) is 12.3 Å². The number of nitrogens with zero attached hydrogens (tertiary/aromatic N) is 2. The van der Waals surface area contributed by atoms with Gasteiger partial charge in [-0.15, -0.1) is 0 Å². The van der Waals surface area contributed by atoms with Gasteiger partial charge < -0.3 is 0 Å². The molecule has 0 bridgehead atoms. The lowest BCUT2D eigenvalue weighted by atomic mass is 10.2. The largest absolute Gasteiger partial charge is 0.282 e. The number of rotatable bonds is 3. The van der Waals surface area contributed by atoms with E-state index in [0.717, 1.165) is 5.56 Å². The molecule has 0 saturated carbocycles. The molecule has 0 fully saturated rings. The van der Waals surface area contributed by atoms with E-state index in [-0.39, 0.29) is 5.84 Å². The van der Waals surface area contributed by atoms with E-state index < -0.39 is 0 Å². The molecule has 1 aromatic carbocycles. The number of benzene rings is 1. The van der Waals surface area contributed by atoms with Crippen molar-refractivity contribution in [3.63, 3.8) is 0 Å². The molecular formula is C13H15N3. The smallest absolute Gasteiger partial charge is 0.153 e. The average Bonchev–Trinajstić information content (AvgIpc) is 2.35. The fourth-order valence-corrected chi connectivity index (χ4v) is 1.16. The summed E-state index contributed by atoms with van der Waals surface area (Å²) < 4.78 is 0. The lowest BCUT2D eigenvalue weighted by Gasteiger charge is -1.99. The van der Waals surface area contributed by atoms with Crippen LogP contribution in [-0.4, -0.2) is 18.4 Å². The Kier molecular flexibility index (Phi) is 4.86. The molecule has 0 aromatic heterocycles. The third-order valence-corrected chi connectivity index (χ3v) is 2.01. The van der Waals surface area contributed by atoms with Crippen LogP contribution in [0.15, 0.2) is 52.5 Å². The van der Waals surface area contributed by atoms with Gasteiger partial charge >= 0.3 is 0 Å². The highest BCUT2D eigenvalue weighted by Crippen LogP contribution is 2.02. The normalized spacial score (nSPS) is 11.7. The molecule has 16 heavy (non-hydrogen) atoms. The number of allylic oxidation sites excluding steroid dienone is 1.